The fourth-order valence-electron chi connectivity index (χ4n) is 5.62. The van der Waals surface area contributed by atoms with Gasteiger partial charge in [0.1, 0.15) is 17.5 Å². The molecule has 4 aromatic rings. The zero-order chi connectivity index (χ0) is 29.5. The smallest absolute Gasteiger partial charge is 0.283 e. The standard InChI is InChI=1S/C32H27ClF3N3OS2/c1-17-12-20(6-11-25(17)33)23-4-3-5-28-30(23)39(22-9-7-21(34)8-10-22)31(38-28)41-16-24-26(35)13-19(14-27(24)36)15-29-18(2)37-32(40)42-29/h6-14,23,29H,2-5,15-16H2,1H3,(H,37,40). The lowest BCUT2D eigenvalue weighted by atomic mass is 9.83. The largest absolute Gasteiger partial charge is 0.320 e. The molecule has 10 heteroatoms. The molecule has 0 radical (unpaired) electrons. The predicted octanol–water partition coefficient (Wildman–Crippen LogP) is 8.89. The van der Waals surface area contributed by atoms with Crippen LogP contribution in [0.1, 0.15) is 52.4 Å². The number of fused-ring (bicyclic) bond motifs is 1. The van der Waals surface area contributed by atoms with Crippen molar-refractivity contribution in [1.29, 1.82) is 0 Å². The number of nitrogens with zero attached hydrogens (tertiary/aromatic N) is 2. The molecular weight excluding hydrogens is 599 g/mol. The van der Waals surface area contributed by atoms with Gasteiger partial charge in [-0.3, -0.25) is 9.36 Å². The van der Waals surface area contributed by atoms with Gasteiger partial charge in [0.15, 0.2) is 5.16 Å². The van der Waals surface area contributed by atoms with E-state index in [-0.39, 0.29) is 40.0 Å². The molecule has 0 bridgehead atoms. The third-order valence-electron chi connectivity index (χ3n) is 7.73. The molecule has 2 unspecified atom stereocenters. The number of halogens is 4. The number of rotatable bonds is 7. The van der Waals surface area contributed by atoms with Gasteiger partial charge < -0.3 is 5.32 Å². The fourth-order valence-corrected chi connectivity index (χ4v) is 7.72. The normalized spacial score (nSPS) is 18.3. The highest BCUT2D eigenvalue weighted by molar-refractivity contribution is 8.14. The van der Waals surface area contributed by atoms with E-state index in [1.54, 1.807) is 12.1 Å². The summed E-state index contributed by atoms with van der Waals surface area (Å²) >= 11 is 8.63. The molecule has 216 valence electrons. The molecule has 2 aliphatic rings. The number of amides is 1. The first-order valence-electron chi connectivity index (χ1n) is 13.6. The predicted molar refractivity (Wildman–Crippen MR) is 163 cm³/mol. The molecule has 1 aliphatic carbocycles. The van der Waals surface area contributed by atoms with Crippen LogP contribution in [0.4, 0.5) is 18.0 Å². The van der Waals surface area contributed by atoms with Gasteiger partial charge in [0.25, 0.3) is 5.24 Å². The van der Waals surface area contributed by atoms with E-state index in [4.69, 9.17) is 16.6 Å². The van der Waals surface area contributed by atoms with E-state index in [0.29, 0.717) is 21.4 Å². The molecule has 0 spiro atoms. The molecule has 42 heavy (non-hydrogen) atoms. The molecule has 6 rings (SSSR count). The number of hydrogen-bond acceptors (Lipinski definition) is 4. The number of aryl methyl sites for hydroxylation is 2. The summed E-state index contributed by atoms with van der Waals surface area (Å²) in [6.07, 6.45) is 2.92. The van der Waals surface area contributed by atoms with Crippen molar-refractivity contribution in [3.05, 3.63) is 123 Å². The molecule has 1 aromatic heterocycles. The number of hydrogen-bond donors (Lipinski definition) is 1. The van der Waals surface area contributed by atoms with Gasteiger partial charge in [-0.1, -0.05) is 53.8 Å². The minimum Gasteiger partial charge on any atom is -0.320 e. The van der Waals surface area contributed by atoms with E-state index in [9.17, 15) is 9.18 Å². The van der Waals surface area contributed by atoms with E-state index in [1.807, 2.05) is 23.6 Å². The first kappa shape index (κ1) is 29.0. The van der Waals surface area contributed by atoms with Crippen LogP contribution in [-0.4, -0.2) is 20.0 Å². The topological polar surface area (TPSA) is 46.9 Å². The number of aromatic nitrogens is 2. The Bertz CT molecular complexity index is 1680. The second-order valence-corrected chi connectivity index (χ2v) is 13.1. The van der Waals surface area contributed by atoms with E-state index in [2.05, 4.69) is 18.0 Å². The molecular formula is C32H27ClF3N3OS2. The van der Waals surface area contributed by atoms with Crippen LogP contribution in [0.25, 0.3) is 5.69 Å². The van der Waals surface area contributed by atoms with Gasteiger partial charge in [-0.15, -0.1) is 0 Å². The van der Waals surface area contributed by atoms with Crippen LogP contribution in [0.3, 0.4) is 0 Å². The van der Waals surface area contributed by atoms with Crippen molar-refractivity contribution in [3.8, 4) is 5.69 Å². The van der Waals surface area contributed by atoms with Gasteiger partial charge in [0.05, 0.1) is 16.6 Å². The van der Waals surface area contributed by atoms with Crippen LogP contribution in [0.15, 0.2) is 72.0 Å². The fraction of sp³-hybridized carbons (Fsp3) is 0.250. The summed E-state index contributed by atoms with van der Waals surface area (Å²) in [6, 6.07) is 14.9. The van der Waals surface area contributed by atoms with Crippen LogP contribution in [0.5, 0.6) is 0 Å². The first-order chi connectivity index (χ1) is 20.2. The molecule has 1 aliphatic heterocycles. The lowest BCUT2D eigenvalue weighted by molar-refractivity contribution is 0.263. The second-order valence-electron chi connectivity index (χ2n) is 10.6. The van der Waals surface area contributed by atoms with Crippen molar-refractivity contribution >= 4 is 40.4 Å². The zero-order valence-electron chi connectivity index (χ0n) is 22.7. The third kappa shape index (κ3) is 5.74. The maximum Gasteiger partial charge on any atom is 0.283 e. The number of carbonyl (C=O) groups is 1. The van der Waals surface area contributed by atoms with Crippen molar-refractivity contribution < 1.29 is 18.0 Å². The Balaban J connectivity index is 1.33. The van der Waals surface area contributed by atoms with E-state index >= 15 is 8.78 Å². The van der Waals surface area contributed by atoms with Crippen LogP contribution < -0.4 is 5.32 Å². The quantitative estimate of drug-likeness (QED) is 0.208. The Kier molecular flexibility index (Phi) is 8.18. The summed E-state index contributed by atoms with van der Waals surface area (Å²) in [5.41, 5.74) is 5.71. The highest BCUT2D eigenvalue weighted by Crippen LogP contribution is 2.42. The van der Waals surface area contributed by atoms with E-state index in [0.717, 1.165) is 59.2 Å². The minimum atomic E-state index is -0.649. The van der Waals surface area contributed by atoms with Gasteiger partial charge in [-0.25, -0.2) is 18.2 Å². The van der Waals surface area contributed by atoms with Crippen molar-refractivity contribution in [2.24, 2.45) is 0 Å². The average Bonchev–Trinajstić information content (AvgIpc) is 3.48. The van der Waals surface area contributed by atoms with Crippen molar-refractivity contribution in [3.63, 3.8) is 0 Å². The highest BCUT2D eigenvalue weighted by Gasteiger charge is 2.31. The van der Waals surface area contributed by atoms with Crippen LogP contribution in [-0.2, 0) is 18.6 Å². The molecule has 1 fully saturated rings. The van der Waals surface area contributed by atoms with Gasteiger partial charge in [-0.2, -0.15) is 0 Å². The lowest BCUT2D eigenvalue weighted by Crippen LogP contribution is -2.15. The molecule has 1 amide bonds. The summed E-state index contributed by atoms with van der Waals surface area (Å²) in [7, 11) is 0. The summed E-state index contributed by atoms with van der Waals surface area (Å²) < 4.78 is 46.4. The summed E-state index contributed by atoms with van der Waals surface area (Å²) in [6.45, 7) is 5.80. The molecule has 0 saturated carbocycles. The van der Waals surface area contributed by atoms with Gasteiger partial charge in [0, 0.05) is 33.6 Å². The number of carbonyl (C=O) groups excluding carboxylic acids is 1. The van der Waals surface area contributed by atoms with Crippen molar-refractivity contribution in [1.82, 2.24) is 14.9 Å². The monoisotopic (exact) mass is 625 g/mol. The SMILES string of the molecule is C=C1NC(=O)SC1Cc1cc(F)c(CSc2nc3c(n2-c2ccc(F)cc2)C(c2ccc(Cl)c(C)c2)CCC3)c(F)c1. The van der Waals surface area contributed by atoms with Crippen LogP contribution >= 0.6 is 35.1 Å². The van der Waals surface area contributed by atoms with Crippen molar-refractivity contribution in [2.45, 2.75) is 54.7 Å². The number of benzene rings is 3. The highest BCUT2D eigenvalue weighted by atomic mass is 35.5. The van der Waals surface area contributed by atoms with E-state index < -0.39 is 11.6 Å². The maximum absolute atomic E-state index is 15.3. The average molecular weight is 626 g/mol. The van der Waals surface area contributed by atoms with E-state index in [1.165, 1.54) is 36.0 Å². The Morgan fingerprint density at radius 1 is 1.12 bits per heavy atom. The number of imidazole rings is 1. The van der Waals surface area contributed by atoms with Gasteiger partial charge in [0.2, 0.25) is 0 Å². The molecule has 4 nitrogen and oxygen atoms in total. The first-order valence-corrected chi connectivity index (χ1v) is 15.8. The van der Waals surface area contributed by atoms with Gasteiger partial charge in [-0.05, 0) is 91.8 Å². The maximum atomic E-state index is 15.3. The summed E-state index contributed by atoms with van der Waals surface area (Å²) in [5, 5.41) is 3.43. The number of thioether (sulfide) groups is 2. The molecule has 1 saturated heterocycles. The summed E-state index contributed by atoms with van der Waals surface area (Å²) in [4.78, 5) is 16.6. The summed E-state index contributed by atoms with van der Waals surface area (Å²) in [5.74, 6) is -1.59. The Morgan fingerprint density at radius 3 is 2.52 bits per heavy atom. The Morgan fingerprint density at radius 2 is 1.86 bits per heavy atom. The van der Waals surface area contributed by atoms with Crippen molar-refractivity contribution in [2.75, 3.05) is 0 Å². The molecule has 2 heterocycles. The zero-order valence-corrected chi connectivity index (χ0v) is 25.1. The third-order valence-corrected chi connectivity index (χ3v) is 10.2. The molecule has 2 atom stereocenters. The Hall–Kier alpha value is -3.14. The van der Waals surface area contributed by atoms with Crippen LogP contribution in [0.2, 0.25) is 5.02 Å². The van der Waals surface area contributed by atoms with Crippen LogP contribution in [0, 0.1) is 24.4 Å². The minimum absolute atomic E-state index is 0.0185. The lowest BCUT2D eigenvalue weighted by Gasteiger charge is -2.25. The second kappa shape index (κ2) is 11.9. The molecule has 3 aromatic carbocycles. The number of nitrogens with one attached hydrogen (secondary N) is 1. The van der Waals surface area contributed by atoms with Gasteiger partial charge >= 0.3 is 0 Å². The molecule has 1 N–H and O–H groups in total. The Labute approximate surface area is 255 Å².